The van der Waals surface area contributed by atoms with E-state index in [9.17, 15) is 22.9 Å². The second-order valence-electron chi connectivity index (χ2n) is 4.71. The Hall–Kier alpha value is -1.58. The summed E-state index contributed by atoms with van der Waals surface area (Å²) in [6.07, 6.45) is 0.998. The van der Waals surface area contributed by atoms with E-state index in [2.05, 4.69) is 0 Å². The summed E-state index contributed by atoms with van der Waals surface area (Å²) >= 11 is 0. The van der Waals surface area contributed by atoms with E-state index in [-0.39, 0.29) is 6.04 Å². The van der Waals surface area contributed by atoms with Gasteiger partial charge < -0.3 is 4.74 Å². The van der Waals surface area contributed by atoms with E-state index in [0.717, 1.165) is 22.5 Å². The third-order valence-corrected chi connectivity index (χ3v) is 5.44. The maximum absolute atomic E-state index is 13.6. The van der Waals surface area contributed by atoms with Gasteiger partial charge in [-0.25, -0.2) is 8.42 Å². The molecule has 1 saturated heterocycles. The van der Waals surface area contributed by atoms with E-state index < -0.39 is 31.3 Å². The van der Waals surface area contributed by atoms with Crippen LogP contribution in [-0.4, -0.2) is 43.9 Å². The summed E-state index contributed by atoms with van der Waals surface area (Å²) in [7, 11) is -2.79. The lowest BCUT2D eigenvalue weighted by Crippen LogP contribution is -2.40. The summed E-state index contributed by atoms with van der Waals surface area (Å²) in [5.41, 5.74) is -1.02. The Morgan fingerprint density at radius 3 is 2.57 bits per heavy atom. The number of nitro groups is 1. The average molecular weight is 318 g/mol. The Morgan fingerprint density at radius 2 is 2.00 bits per heavy atom. The van der Waals surface area contributed by atoms with Crippen LogP contribution in [-0.2, 0) is 14.8 Å². The topological polar surface area (TPSA) is 89.8 Å². The first-order chi connectivity index (χ1) is 9.85. The van der Waals surface area contributed by atoms with Gasteiger partial charge in [0, 0.05) is 26.3 Å². The van der Waals surface area contributed by atoms with Gasteiger partial charge in [-0.15, -0.1) is 0 Å². The molecule has 0 N–H and O–H groups in total. The molecule has 0 atom stereocenters. The highest BCUT2D eigenvalue weighted by atomic mass is 32.2. The fourth-order valence-electron chi connectivity index (χ4n) is 2.28. The molecule has 0 aromatic heterocycles. The number of ether oxygens (including phenoxy) is 1. The fourth-order valence-corrected chi connectivity index (χ4v) is 3.86. The highest BCUT2D eigenvalue weighted by molar-refractivity contribution is 7.89. The van der Waals surface area contributed by atoms with Crippen LogP contribution in [0.25, 0.3) is 0 Å². The standard InChI is InChI=1S/C12H15FN2O5S/c1-14(9-5-7-20-8-6-9)21(18,19)11-4-2-3-10(13)12(11)15(16)17/h2-4,9H,5-8H2,1H3. The van der Waals surface area contributed by atoms with Crippen LogP contribution in [0.4, 0.5) is 10.1 Å². The van der Waals surface area contributed by atoms with Gasteiger partial charge in [0.05, 0.1) is 4.92 Å². The zero-order valence-corrected chi connectivity index (χ0v) is 12.2. The SMILES string of the molecule is CN(C1CCOCC1)S(=O)(=O)c1cccc(F)c1[N+](=O)[O-]. The van der Waals surface area contributed by atoms with Gasteiger partial charge in [0.1, 0.15) is 0 Å². The van der Waals surface area contributed by atoms with E-state index in [1.54, 1.807) is 0 Å². The molecule has 0 aliphatic carbocycles. The summed E-state index contributed by atoms with van der Waals surface area (Å²) in [6, 6.07) is 2.75. The van der Waals surface area contributed by atoms with Gasteiger partial charge in [-0.05, 0) is 25.0 Å². The van der Waals surface area contributed by atoms with E-state index in [1.165, 1.54) is 7.05 Å². The molecule has 7 nitrogen and oxygen atoms in total. The lowest BCUT2D eigenvalue weighted by Gasteiger charge is -2.30. The van der Waals surface area contributed by atoms with Crippen LogP contribution in [0.15, 0.2) is 23.1 Å². The molecule has 1 fully saturated rings. The van der Waals surface area contributed by atoms with E-state index in [0.29, 0.717) is 26.1 Å². The van der Waals surface area contributed by atoms with Gasteiger partial charge in [0.25, 0.3) is 0 Å². The first-order valence-corrected chi connectivity index (χ1v) is 7.78. The molecule has 0 unspecified atom stereocenters. The molecule has 1 aliphatic rings. The van der Waals surface area contributed by atoms with Crippen molar-refractivity contribution in [2.75, 3.05) is 20.3 Å². The van der Waals surface area contributed by atoms with Crippen molar-refractivity contribution in [3.63, 3.8) is 0 Å². The number of sulfonamides is 1. The zero-order valence-electron chi connectivity index (χ0n) is 11.4. The number of hydrogen-bond acceptors (Lipinski definition) is 5. The highest BCUT2D eigenvalue weighted by Gasteiger charge is 2.35. The van der Waals surface area contributed by atoms with Crippen LogP contribution >= 0.6 is 0 Å². The molecule has 2 rings (SSSR count). The fraction of sp³-hybridized carbons (Fsp3) is 0.500. The number of hydrogen-bond donors (Lipinski definition) is 0. The molecule has 1 aliphatic heterocycles. The van der Waals surface area contributed by atoms with E-state index in [1.807, 2.05) is 0 Å². The summed E-state index contributed by atoms with van der Waals surface area (Å²) in [6.45, 7) is 0.853. The number of halogens is 1. The van der Waals surface area contributed by atoms with Crippen LogP contribution in [0.3, 0.4) is 0 Å². The minimum absolute atomic E-state index is 0.313. The molecule has 0 bridgehead atoms. The molecular formula is C12H15FN2O5S. The number of nitro benzene ring substituents is 1. The lowest BCUT2D eigenvalue weighted by atomic mass is 10.1. The Kier molecular flexibility index (Phi) is 4.55. The van der Waals surface area contributed by atoms with Gasteiger partial charge in [0.2, 0.25) is 15.8 Å². The van der Waals surface area contributed by atoms with Crippen molar-refractivity contribution < 1.29 is 22.5 Å². The summed E-state index contributed by atoms with van der Waals surface area (Å²) in [5, 5.41) is 11.0. The monoisotopic (exact) mass is 318 g/mol. The summed E-state index contributed by atoms with van der Waals surface area (Å²) in [5.74, 6) is -1.17. The first-order valence-electron chi connectivity index (χ1n) is 6.34. The van der Waals surface area contributed by atoms with Gasteiger partial charge >= 0.3 is 5.69 Å². The second kappa shape index (κ2) is 6.04. The minimum atomic E-state index is -4.14. The maximum Gasteiger partial charge on any atom is 0.324 e. The molecule has 1 heterocycles. The largest absolute Gasteiger partial charge is 0.381 e. The zero-order chi connectivity index (χ0) is 15.6. The van der Waals surface area contributed by atoms with Gasteiger partial charge in [-0.2, -0.15) is 8.70 Å². The van der Waals surface area contributed by atoms with Crippen LogP contribution in [0.5, 0.6) is 0 Å². The van der Waals surface area contributed by atoms with Crippen molar-refractivity contribution in [3.05, 3.63) is 34.1 Å². The van der Waals surface area contributed by atoms with Crippen molar-refractivity contribution in [1.29, 1.82) is 0 Å². The Labute approximate surface area is 121 Å². The normalized spacial score (nSPS) is 17.1. The van der Waals surface area contributed by atoms with E-state index in [4.69, 9.17) is 4.74 Å². The van der Waals surface area contributed by atoms with Crippen molar-refractivity contribution in [3.8, 4) is 0 Å². The number of rotatable bonds is 4. The first kappa shape index (κ1) is 15.8. The molecule has 1 aromatic rings. The molecule has 116 valence electrons. The maximum atomic E-state index is 13.6. The van der Waals surface area contributed by atoms with Crippen molar-refractivity contribution in [1.82, 2.24) is 4.31 Å². The smallest absolute Gasteiger partial charge is 0.324 e. The molecule has 9 heteroatoms. The van der Waals surface area contributed by atoms with Gasteiger partial charge in [-0.3, -0.25) is 10.1 Å². The van der Waals surface area contributed by atoms with Crippen LogP contribution in [0, 0.1) is 15.9 Å². The Bertz CT molecular complexity index is 643. The third-order valence-electron chi connectivity index (χ3n) is 3.49. The minimum Gasteiger partial charge on any atom is -0.381 e. The van der Waals surface area contributed by atoms with Crippen LogP contribution in [0.2, 0.25) is 0 Å². The summed E-state index contributed by atoms with van der Waals surface area (Å²) in [4.78, 5) is 9.31. The molecule has 1 aromatic carbocycles. The summed E-state index contributed by atoms with van der Waals surface area (Å²) < 4.78 is 44.9. The lowest BCUT2D eigenvalue weighted by molar-refractivity contribution is -0.390. The molecular weight excluding hydrogens is 303 g/mol. The second-order valence-corrected chi connectivity index (χ2v) is 6.67. The number of para-hydroxylation sites is 1. The van der Waals surface area contributed by atoms with Gasteiger partial charge in [-0.1, -0.05) is 6.07 Å². The average Bonchev–Trinajstić information content (AvgIpc) is 2.46. The van der Waals surface area contributed by atoms with Crippen molar-refractivity contribution in [2.24, 2.45) is 0 Å². The third kappa shape index (κ3) is 3.04. The van der Waals surface area contributed by atoms with Gasteiger partial charge in [0.15, 0.2) is 4.90 Å². The van der Waals surface area contributed by atoms with Crippen LogP contribution < -0.4 is 0 Å². The van der Waals surface area contributed by atoms with Crippen molar-refractivity contribution in [2.45, 2.75) is 23.8 Å². The Balaban J connectivity index is 2.44. The number of nitrogens with zero attached hydrogens (tertiary/aromatic N) is 2. The molecule has 0 radical (unpaired) electrons. The number of benzene rings is 1. The molecule has 0 spiro atoms. The van der Waals surface area contributed by atoms with Crippen LogP contribution in [0.1, 0.15) is 12.8 Å². The Morgan fingerprint density at radius 1 is 1.38 bits per heavy atom. The molecule has 0 saturated carbocycles. The predicted molar refractivity (Wildman–Crippen MR) is 71.8 cm³/mol. The van der Waals surface area contributed by atoms with E-state index >= 15 is 0 Å². The van der Waals surface area contributed by atoms with Crippen molar-refractivity contribution >= 4 is 15.7 Å². The quantitative estimate of drug-likeness (QED) is 0.620. The predicted octanol–water partition coefficient (Wildman–Crippen LogP) is 1.53. The highest BCUT2D eigenvalue weighted by Crippen LogP contribution is 2.30. The molecule has 0 amide bonds. The molecule has 21 heavy (non-hydrogen) atoms.